The molecule has 0 aliphatic heterocycles. The zero-order chi connectivity index (χ0) is 17.3. The normalized spacial score (nSPS) is 13.4. The molecule has 0 bridgehead atoms. The molecule has 0 heterocycles. The minimum atomic E-state index is -4.75. The fourth-order valence-corrected chi connectivity index (χ4v) is 2.02. The summed E-state index contributed by atoms with van der Waals surface area (Å²) >= 11 is 0. The van der Waals surface area contributed by atoms with Gasteiger partial charge in [0.2, 0.25) is 0 Å². The van der Waals surface area contributed by atoms with Gasteiger partial charge in [-0.05, 0) is 38.5 Å². The highest BCUT2D eigenvalue weighted by molar-refractivity contribution is 5.79. The minimum Gasteiger partial charge on any atom is -0.480 e. The van der Waals surface area contributed by atoms with E-state index in [1.54, 1.807) is 0 Å². The summed E-state index contributed by atoms with van der Waals surface area (Å²) in [6.45, 7) is 3.58. The van der Waals surface area contributed by atoms with E-state index in [4.69, 9.17) is 10.4 Å². The second-order valence-electron chi connectivity index (χ2n) is 5.34. The Labute approximate surface area is 125 Å². The third-order valence-electron chi connectivity index (χ3n) is 3.12. The van der Waals surface area contributed by atoms with Gasteiger partial charge in [0, 0.05) is 5.69 Å². The molecule has 0 aliphatic rings. The molecule has 0 unspecified atom stereocenters. The smallest absolute Gasteiger partial charge is 0.418 e. The first-order valence-corrected chi connectivity index (χ1v) is 6.22. The van der Waals surface area contributed by atoms with Gasteiger partial charge in [-0.2, -0.15) is 18.4 Å². The number of alkyl halides is 3. The molecule has 120 valence electrons. The Morgan fingerprint density at radius 3 is 2.27 bits per heavy atom. The molecule has 0 amide bonds. The number of carbonyl (C=O) groups is 1. The molecule has 0 radical (unpaired) electrons. The first kappa shape index (κ1) is 17.8. The number of hydrogen-bond acceptors (Lipinski definition) is 4. The summed E-state index contributed by atoms with van der Waals surface area (Å²) in [5.74, 6) is -1.41. The van der Waals surface area contributed by atoms with Gasteiger partial charge in [-0.1, -0.05) is 0 Å². The zero-order valence-corrected chi connectivity index (χ0v) is 12.1. The Morgan fingerprint density at radius 1 is 1.36 bits per heavy atom. The first-order chi connectivity index (χ1) is 9.89. The number of nitrogens with one attached hydrogen (secondary N) is 1. The van der Waals surface area contributed by atoms with Gasteiger partial charge in [0.15, 0.2) is 6.04 Å². The van der Waals surface area contributed by atoms with E-state index in [9.17, 15) is 23.1 Å². The second kappa shape index (κ2) is 5.85. The van der Waals surface area contributed by atoms with Gasteiger partial charge in [-0.3, -0.25) is 0 Å². The van der Waals surface area contributed by atoms with Crippen molar-refractivity contribution in [1.82, 2.24) is 0 Å². The number of rotatable bonds is 4. The molecule has 1 rings (SSSR count). The number of halogens is 3. The average Bonchev–Trinajstić information content (AvgIpc) is 2.33. The number of benzene rings is 1. The summed E-state index contributed by atoms with van der Waals surface area (Å²) in [5.41, 5.74) is -3.79. The van der Waals surface area contributed by atoms with E-state index in [1.165, 1.54) is 26.0 Å². The van der Waals surface area contributed by atoms with Crippen LogP contribution in [0, 0.1) is 18.3 Å². The van der Waals surface area contributed by atoms with Crippen LogP contribution in [0.15, 0.2) is 12.1 Å². The van der Waals surface area contributed by atoms with E-state index >= 15 is 0 Å². The predicted octanol–water partition coefficient (Wildman–Crippen LogP) is 2.52. The fraction of sp³-hybridized carbons (Fsp3) is 0.429. The van der Waals surface area contributed by atoms with Crippen molar-refractivity contribution < 1.29 is 28.2 Å². The largest absolute Gasteiger partial charge is 0.480 e. The van der Waals surface area contributed by atoms with Crippen molar-refractivity contribution in [2.75, 3.05) is 5.32 Å². The van der Waals surface area contributed by atoms with E-state index in [0.717, 1.165) is 13.0 Å². The summed E-state index contributed by atoms with van der Waals surface area (Å²) in [4.78, 5) is 11.2. The SMILES string of the molecule is Cc1c(N[C@@H](C(=O)O)C(C)(C)O)ccc(C#N)c1C(F)(F)F. The van der Waals surface area contributed by atoms with Gasteiger partial charge >= 0.3 is 12.1 Å². The molecular formula is C14H15F3N2O3. The van der Waals surface area contributed by atoms with Gasteiger partial charge in [0.1, 0.15) is 0 Å². The Bertz CT molecular complexity index is 628. The van der Waals surface area contributed by atoms with Gasteiger partial charge in [0.05, 0.1) is 22.8 Å². The van der Waals surface area contributed by atoms with Crippen LogP contribution >= 0.6 is 0 Å². The van der Waals surface area contributed by atoms with Crippen molar-refractivity contribution in [2.45, 2.75) is 38.6 Å². The van der Waals surface area contributed by atoms with Crippen LogP contribution in [-0.4, -0.2) is 27.8 Å². The van der Waals surface area contributed by atoms with Crippen LogP contribution in [0.4, 0.5) is 18.9 Å². The zero-order valence-electron chi connectivity index (χ0n) is 12.1. The molecule has 1 atom stereocenters. The summed E-state index contributed by atoms with van der Waals surface area (Å²) in [7, 11) is 0. The van der Waals surface area contributed by atoms with E-state index in [0.29, 0.717) is 0 Å². The van der Waals surface area contributed by atoms with Gasteiger partial charge < -0.3 is 15.5 Å². The molecule has 0 spiro atoms. The first-order valence-electron chi connectivity index (χ1n) is 6.22. The highest BCUT2D eigenvalue weighted by Crippen LogP contribution is 2.37. The molecule has 5 nitrogen and oxygen atoms in total. The highest BCUT2D eigenvalue weighted by Gasteiger charge is 2.38. The number of nitriles is 1. The maximum Gasteiger partial charge on any atom is 0.418 e. The maximum atomic E-state index is 13.1. The van der Waals surface area contributed by atoms with Crippen molar-refractivity contribution in [3.8, 4) is 6.07 Å². The lowest BCUT2D eigenvalue weighted by Crippen LogP contribution is -2.47. The lowest BCUT2D eigenvalue weighted by Gasteiger charge is -2.28. The summed E-state index contributed by atoms with van der Waals surface area (Å²) in [5, 5.41) is 30.1. The summed E-state index contributed by atoms with van der Waals surface area (Å²) < 4.78 is 39.2. The van der Waals surface area contributed by atoms with Crippen LogP contribution in [0.1, 0.15) is 30.5 Å². The molecule has 22 heavy (non-hydrogen) atoms. The molecule has 0 saturated carbocycles. The van der Waals surface area contributed by atoms with Crippen LogP contribution in [0.5, 0.6) is 0 Å². The molecule has 8 heteroatoms. The Balaban J connectivity index is 3.40. The molecular weight excluding hydrogens is 301 g/mol. The highest BCUT2D eigenvalue weighted by atomic mass is 19.4. The van der Waals surface area contributed by atoms with Crippen molar-refractivity contribution in [3.05, 3.63) is 28.8 Å². The molecule has 3 N–H and O–H groups in total. The lowest BCUT2D eigenvalue weighted by atomic mass is 9.96. The fourth-order valence-electron chi connectivity index (χ4n) is 2.02. The Morgan fingerprint density at radius 2 is 1.91 bits per heavy atom. The van der Waals surface area contributed by atoms with Gasteiger partial charge in [-0.15, -0.1) is 0 Å². The van der Waals surface area contributed by atoms with E-state index < -0.39 is 34.9 Å². The Kier molecular flexibility index (Phi) is 4.73. The molecule has 1 aromatic carbocycles. The number of carboxylic acids is 1. The van der Waals surface area contributed by atoms with Crippen LogP contribution in [0.25, 0.3) is 0 Å². The van der Waals surface area contributed by atoms with Crippen LogP contribution in [-0.2, 0) is 11.0 Å². The third kappa shape index (κ3) is 3.68. The third-order valence-corrected chi connectivity index (χ3v) is 3.12. The molecule has 0 aromatic heterocycles. The Hall–Kier alpha value is -2.27. The topological polar surface area (TPSA) is 93.3 Å². The number of nitrogens with zero attached hydrogens (tertiary/aromatic N) is 1. The average molecular weight is 316 g/mol. The number of aliphatic hydroxyl groups is 1. The predicted molar refractivity (Wildman–Crippen MR) is 72.2 cm³/mol. The van der Waals surface area contributed by atoms with Crippen LogP contribution < -0.4 is 5.32 Å². The number of carboxylic acid groups (broad SMARTS) is 1. The number of hydrogen-bond donors (Lipinski definition) is 3. The number of anilines is 1. The van der Waals surface area contributed by atoms with E-state index in [-0.39, 0.29) is 11.3 Å². The molecule has 0 aliphatic carbocycles. The quantitative estimate of drug-likeness (QED) is 0.793. The molecule has 0 fully saturated rings. The van der Waals surface area contributed by atoms with Crippen molar-refractivity contribution in [1.29, 1.82) is 5.26 Å². The molecule has 1 aromatic rings. The monoisotopic (exact) mass is 316 g/mol. The van der Waals surface area contributed by atoms with Crippen LogP contribution in [0.2, 0.25) is 0 Å². The van der Waals surface area contributed by atoms with Crippen molar-refractivity contribution in [2.24, 2.45) is 0 Å². The second-order valence-corrected chi connectivity index (χ2v) is 5.34. The number of aliphatic carboxylic acids is 1. The standard InChI is InChI=1S/C14H15F3N2O3/c1-7-9(19-11(12(20)21)13(2,3)22)5-4-8(6-18)10(7)14(15,16)17/h4-5,11,19,22H,1-3H3,(H,20,21)/t11-/m0/s1. The van der Waals surface area contributed by atoms with Gasteiger partial charge in [-0.25, -0.2) is 4.79 Å². The van der Waals surface area contributed by atoms with E-state index in [2.05, 4.69) is 5.32 Å². The van der Waals surface area contributed by atoms with Gasteiger partial charge in [0.25, 0.3) is 0 Å². The summed E-state index contributed by atoms with van der Waals surface area (Å²) in [6, 6.07) is 2.09. The van der Waals surface area contributed by atoms with Crippen molar-refractivity contribution in [3.63, 3.8) is 0 Å². The van der Waals surface area contributed by atoms with Crippen LogP contribution in [0.3, 0.4) is 0 Å². The van der Waals surface area contributed by atoms with E-state index in [1.807, 2.05) is 0 Å². The lowest BCUT2D eigenvalue weighted by molar-refractivity contribution is -0.142. The van der Waals surface area contributed by atoms with Crippen molar-refractivity contribution >= 4 is 11.7 Å². The summed E-state index contributed by atoms with van der Waals surface area (Å²) in [6.07, 6.45) is -4.75. The molecule has 0 saturated heterocycles. The maximum absolute atomic E-state index is 13.1. The minimum absolute atomic E-state index is 0.110.